The van der Waals surface area contributed by atoms with E-state index in [1.165, 1.54) is 12.1 Å². The SMILES string of the molecule is Cc1ccc(N2C[C@@H](C(=O)N3CCC(C(=O)Nc4ccc([N+](=O)[O-])cc4C)CC3)CC2=O)cc1. The highest BCUT2D eigenvalue weighted by molar-refractivity contribution is 6.00. The van der Waals surface area contributed by atoms with E-state index in [9.17, 15) is 24.5 Å². The second-order valence-electron chi connectivity index (χ2n) is 9.09. The van der Waals surface area contributed by atoms with Gasteiger partial charge in [-0.2, -0.15) is 0 Å². The van der Waals surface area contributed by atoms with Crippen molar-refractivity contribution in [2.45, 2.75) is 33.1 Å². The van der Waals surface area contributed by atoms with Gasteiger partial charge in [0.25, 0.3) is 5.69 Å². The first-order chi connectivity index (χ1) is 16.2. The summed E-state index contributed by atoms with van der Waals surface area (Å²) >= 11 is 0. The fourth-order valence-electron chi connectivity index (χ4n) is 4.60. The molecule has 2 aromatic rings. The van der Waals surface area contributed by atoms with Gasteiger partial charge in [-0.1, -0.05) is 17.7 Å². The lowest BCUT2D eigenvalue weighted by molar-refractivity contribution is -0.384. The van der Waals surface area contributed by atoms with Crippen molar-refractivity contribution >= 4 is 34.8 Å². The van der Waals surface area contributed by atoms with Gasteiger partial charge in [-0.15, -0.1) is 0 Å². The molecule has 0 bridgehead atoms. The molecule has 1 atom stereocenters. The van der Waals surface area contributed by atoms with Crippen LogP contribution in [0.2, 0.25) is 0 Å². The number of nitrogens with one attached hydrogen (secondary N) is 1. The number of anilines is 2. The van der Waals surface area contributed by atoms with Crippen molar-refractivity contribution in [3.05, 3.63) is 63.7 Å². The lowest BCUT2D eigenvalue weighted by Crippen LogP contribution is -2.44. The zero-order chi connectivity index (χ0) is 24.4. The number of amides is 3. The van der Waals surface area contributed by atoms with Gasteiger partial charge in [0.2, 0.25) is 17.7 Å². The quantitative estimate of drug-likeness (QED) is 0.538. The van der Waals surface area contributed by atoms with Crippen LogP contribution in [-0.4, -0.2) is 47.2 Å². The van der Waals surface area contributed by atoms with Crippen molar-refractivity contribution in [2.24, 2.45) is 11.8 Å². The molecule has 1 N–H and O–H groups in total. The van der Waals surface area contributed by atoms with E-state index in [0.29, 0.717) is 43.7 Å². The summed E-state index contributed by atoms with van der Waals surface area (Å²) in [7, 11) is 0. The van der Waals surface area contributed by atoms with Gasteiger partial charge in [-0.25, -0.2) is 0 Å². The van der Waals surface area contributed by atoms with E-state index in [2.05, 4.69) is 5.32 Å². The van der Waals surface area contributed by atoms with E-state index >= 15 is 0 Å². The van der Waals surface area contributed by atoms with Gasteiger partial charge in [-0.05, 0) is 50.5 Å². The number of hydrogen-bond donors (Lipinski definition) is 1. The minimum Gasteiger partial charge on any atom is -0.342 e. The third-order valence-corrected chi connectivity index (χ3v) is 6.68. The number of piperidine rings is 1. The maximum absolute atomic E-state index is 13.1. The van der Waals surface area contributed by atoms with E-state index in [0.717, 1.165) is 11.3 Å². The van der Waals surface area contributed by atoms with E-state index in [1.807, 2.05) is 31.2 Å². The molecule has 0 radical (unpaired) electrons. The van der Waals surface area contributed by atoms with Crippen molar-refractivity contribution in [2.75, 3.05) is 29.9 Å². The number of carbonyl (C=O) groups is 3. The van der Waals surface area contributed by atoms with Crippen LogP contribution in [0.5, 0.6) is 0 Å². The molecule has 2 aliphatic rings. The molecule has 0 saturated carbocycles. The molecule has 9 heteroatoms. The average Bonchev–Trinajstić information content (AvgIpc) is 3.21. The lowest BCUT2D eigenvalue weighted by Gasteiger charge is -2.33. The van der Waals surface area contributed by atoms with Gasteiger partial charge >= 0.3 is 0 Å². The number of carbonyl (C=O) groups excluding carboxylic acids is 3. The molecule has 4 rings (SSSR count). The summed E-state index contributed by atoms with van der Waals surface area (Å²) in [5.41, 5.74) is 3.07. The first-order valence-electron chi connectivity index (χ1n) is 11.4. The number of non-ortho nitro benzene ring substituents is 1. The minimum absolute atomic E-state index is 0.0198. The molecular formula is C25H28N4O5. The van der Waals surface area contributed by atoms with Crippen LogP contribution in [0.3, 0.4) is 0 Å². The van der Waals surface area contributed by atoms with E-state index in [-0.39, 0.29) is 41.7 Å². The molecule has 2 aromatic carbocycles. The lowest BCUT2D eigenvalue weighted by atomic mass is 9.94. The highest BCUT2D eigenvalue weighted by Crippen LogP contribution is 2.29. The Balaban J connectivity index is 1.31. The smallest absolute Gasteiger partial charge is 0.269 e. The Morgan fingerprint density at radius 2 is 1.71 bits per heavy atom. The van der Waals surface area contributed by atoms with Crippen LogP contribution < -0.4 is 10.2 Å². The van der Waals surface area contributed by atoms with Gasteiger partial charge in [0.1, 0.15) is 0 Å². The van der Waals surface area contributed by atoms with Gasteiger partial charge in [-0.3, -0.25) is 24.5 Å². The summed E-state index contributed by atoms with van der Waals surface area (Å²) in [6, 6.07) is 12.0. The van der Waals surface area contributed by atoms with Crippen molar-refractivity contribution < 1.29 is 19.3 Å². The fourth-order valence-corrected chi connectivity index (χ4v) is 4.60. The van der Waals surface area contributed by atoms with Crippen LogP contribution in [0.25, 0.3) is 0 Å². The number of nitro benzene ring substituents is 1. The molecular weight excluding hydrogens is 436 g/mol. The van der Waals surface area contributed by atoms with Crippen LogP contribution in [-0.2, 0) is 14.4 Å². The Morgan fingerprint density at radius 1 is 1.03 bits per heavy atom. The molecule has 2 aliphatic heterocycles. The molecule has 2 heterocycles. The van der Waals surface area contributed by atoms with Crippen LogP contribution >= 0.6 is 0 Å². The molecule has 3 amide bonds. The minimum atomic E-state index is -0.469. The molecule has 0 spiro atoms. The number of aryl methyl sites for hydroxylation is 2. The van der Waals surface area contributed by atoms with Gasteiger partial charge in [0.05, 0.1) is 10.8 Å². The number of hydrogen-bond acceptors (Lipinski definition) is 5. The molecule has 0 unspecified atom stereocenters. The maximum Gasteiger partial charge on any atom is 0.269 e. The van der Waals surface area contributed by atoms with Gasteiger partial charge in [0, 0.05) is 55.5 Å². The predicted octanol–water partition coefficient (Wildman–Crippen LogP) is 3.44. The van der Waals surface area contributed by atoms with Crippen molar-refractivity contribution in [1.29, 1.82) is 0 Å². The highest BCUT2D eigenvalue weighted by Gasteiger charge is 2.38. The summed E-state index contributed by atoms with van der Waals surface area (Å²) in [5.74, 6) is -0.844. The Kier molecular flexibility index (Phi) is 6.63. The second kappa shape index (κ2) is 9.62. The fraction of sp³-hybridized carbons (Fsp3) is 0.400. The average molecular weight is 465 g/mol. The van der Waals surface area contributed by atoms with Crippen molar-refractivity contribution in [3.63, 3.8) is 0 Å². The zero-order valence-corrected chi connectivity index (χ0v) is 19.3. The number of benzene rings is 2. The standard InChI is InChI=1S/C25H28N4O5/c1-16-3-5-20(6-4-16)28-15-19(14-23(28)30)25(32)27-11-9-18(10-12-27)24(31)26-22-8-7-21(29(33)34)13-17(22)2/h3-8,13,18-19H,9-12,14-15H2,1-2H3,(H,26,31)/t19-/m0/s1. The molecule has 2 saturated heterocycles. The number of nitro groups is 1. The summed E-state index contributed by atoms with van der Waals surface area (Å²) in [6.45, 7) is 5.00. The predicted molar refractivity (Wildman–Crippen MR) is 127 cm³/mol. The summed E-state index contributed by atoms with van der Waals surface area (Å²) < 4.78 is 0. The largest absolute Gasteiger partial charge is 0.342 e. The van der Waals surface area contributed by atoms with Crippen LogP contribution in [0, 0.1) is 35.8 Å². The molecule has 178 valence electrons. The van der Waals surface area contributed by atoms with Crippen LogP contribution in [0.4, 0.5) is 17.1 Å². The van der Waals surface area contributed by atoms with Crippen LogP contribution in [0.1, 0.15) is 30.4 Å². The summed E-state index contributed by atoms with van der Waals surface area (Å²) in [5, 5.41) is 13.8. The van der Waals surface area contributed by atoms with Crippen LogP contribution in [0.15, 0.2) is 42.5 Å². The normalized spacial score (nSPS) is 18.8. The first-order valence-corrected chi connectivity index (χ1v) is 11.4. The third-order valence-electron chi connectivity index (χ3n) is 6.68. The second-order valence-corrected chi connectivity index (χ2v) is 9.09. The third kappa shape index (κ3) is 4.93. The Morgan fingerprint density at radius 3 is 2.32 bits per heavy atom. The van der Waals surface area contributed by atoms with Crippen molar-refractivity contribution in [3.8, 4) is 0 Å². The Hall–Kier alpha value is -3.75. The number of nitrogens with zero attached hydrogens (tertiary/aromatic N) is 3. The van der Waals surface area contributed by atoms with Gasteiger partial charge in [0.15, 0.2) is 0 Å². The molecule has 2 fully saturated rings. The Labute approximate surface area is 197 Å². The van der Waals surface area contributed by atoms with E-state index < -0.39 is 4.92 Å². The monoisotopic (exact) mass is 464 g/mol. The van der Waals surface area contributed by atoms with Crippen molar-refractivity contribution in [1.82, 2.24) is 4.90 Å². The molecule has 34 heavy (non-hydrogen) atoms. The van der Waals surface area contributed by atoms with E-state index in [4.69, 9.17) is 0 Å². The molecule has 0 aromatic heterocycles. The highest BCUT2D eigenvalue weighted by atomic mass is 16.6. The summed E-state index contributed by atoms with van der Waals surface area (Å²) in [6.07, 6.45) is 1.27. The Bertz CT molecular complexity index is 1120. The van der Waals surface area contributed by atoms with E-state index in [1.54, 1.807) is 22.8 Å². The zero-order valence-electron chi connectivity index (χ0n) is 19.3. The topological polar surface area (TPSA) is 113 Å². The first kappa shape index (κ1) is 23.4. The maximum atomic E-state index is 13.1. The number of rotatable bonds is 5. The number of likely N-dealkylation sites (tertiary alicyclic amines) is 1. The molecule has 0 aliphatic carbocycles. The molecule has 9 nitrogen and oxygen atoms in total. The summed E-state index contributed by atoms with van der Waals surface area (Å²) in [4.78, 5) is 52.2. The van der Waals surface area contributed by atoms with Gasteiger partial charge < -0.3 is 15.1 Å².